The highest BCUT2D eigenvalue weighted by molar-refractivity contribution is 5.85. The van der Waals surface area contributed by atoms with Crippen LogP contribution in [0.4, 0.5) is 0 Å². The minimum Gasteiger partial charge on any atom is -0.497 e. The highest BCUT2D eigenvalue weighted by atomic mass is 35.5. The summed E-state index contributed by atoms with van der Waals surface area (Å²) in [5.74, 6) is 1.83. The summed E-state index contributed by atoms with van der Waals surface area (Å²) in [6.45, 7) is 3.77. The lowest BCUT2D eigenvalue weighted by Gasteiger charge is -2.07. The summed E-state index contributed by atoms with van der Waals surface area (Å²) in [4.78, 5) is 4.54. The molecule has 0 unspecified atom stereocenters. The van der Waals surface area contributed by atoms with Crippen molar-refractivity contribution in [3.05, 3.63) is 54.0 Å². The first-order valence-electron chi connectivity index (χ1n) is 8.75. The Morgan fingerprint density at radius 3 is 2.78 bits per heavy atom. The number of ether oxygens (including phenoxy) is 1. The normalized spacial score (nSPS) is 13.1. The van der Waals surface area contributed by atoms with Gasteiger partial charge in [-0.2, -0.15) is 5.10 Å². The van der Waals surface area contributed by atoms with E-state index in [1.807, 2.05) is 24.5 Å². The summed E-state index contributed by atoms with van der Waals surface area (Å²) in [6, 6.07) is 10.4. The average molecular weight is 410 g/mol. The van der Waals surface area contributed by atoms with Crippen molar-refractivity contribution >= 4 is 24.8 Å². The van der Waals surface area contributed by atoms with Crippen molar-refractivity contribution in [1.82, 2.24) is 24.6 Å². The number of imidazole rings is 1. The van der Waals surface area contributed by atoms with E-state index in [2.05, 4.69) is 37.7 Å². The monoisotopic (exact) mass is 409 g/mol. The number of aromatic nitrogens is 4. The van der Waals surface area contributed by atoms with Crippen LogP contribution >= 0.6 is 24.8 Å². The van der Waals surface area contributed by atoms with Crippen LogP contribution < -0.4 is 10.1 Å². The number of aryl methyl sites for hydroxylation is 3. The third-order valence-corrected chi connectivity index (χ3v) is 4.64. The molecule has 1 aliphatic heterocycles. The lowest BCUT2D eigenvalue weighted by molar-refractivity contribution is 0.414. The molecule has 0 spiro atoms. The average Bonchev–Trinajstić information content (AvgIpc) is 3.22. The number of hydrogen-bond acceptors (Lipinski definition) is 4. The molecule has 0 aliphatic carbocycles. The minimum atomic E-state index is 0. The molecule has 3 aromatic rings. The fourth-order valence-corrected chi connectivity index (χ4v) is 3.24. The second-order valence-electron chi connectivity index (χ2n) is 6.32. The van der Waals surface area contributed by atoms with Crippen molar-refractivity contribution in [3.8, 4) is 17.3 Å². The highest BCUT2D eigenvalue weighted by Crippen LogP contribution is 2.20. The quantitative estimate of drug-likeness (QED) is 0.701. The van der Waals surface area contributed by atoms with E-state index in [1.165, 1.54) is 11.3 Å². The van der Waals surface area contributed by atoms with Gasteiger partial charge in [0.05, 0.1) is 12.8 Å². The smallest absolute Gasteiger partial charge is 0.160 e. The van der Waals surface area contributed by atoms with Crippen molar-refractivity contribution in [3.63, 3.8) is 0 Å². The van der Waals surface area contributed by atoms with Gasteiger partial charge in [-0.25, -0.2) is 4.98 Å². The number of halogens is 2. The van der Waals surface area contributed by atoms with Gasteiger partial charge >= 0.3 is 0 Å². The van der Waals surface area contributed by atoms with Crippen molar-refractivity contribution in [2.75, 3.05) is 13.7 Å². The zero-order valence-electron chi connectivity index (χ0n) is 15.3. The first-order chi connectivity index (χ1) is 12.3. The zero-order valence-corrected chi connectivity index (χ0v) is 16.9. The maximum absolute atomic E-state index is 5.21. The van der Waals surface area contributed by atoms with Crippen LogP contribution in [0.15, 0.2) is 42.7 Å². The molecule has 0 saturated heterocycles. The summed E-state index contributed by atoms with van der Waals surface area (Å²) >= 11 is 0. The Hall–Kier alpha value is -2.02. The molecule has 8 heteroatoms. The van der Waals surface area contributed by atoms with Gasteiger partial charge in [-0.3, -0.25) is 4.68 Å². The second-order valence-corrected chi connectivity index (χ2v) is 6.32. The summed E-state index contributed by atoms with van der Waals surface area (Å²) in [6.07, 6.45) is 5.94. The summed E-state index contributed by atoms with van der Waals surface area (Å²) in [5, 5.41) is 8.20. The molecule has 1 aliphatic rings. The Bertz CT molecular complexity index is 821. The maximum Gasteiger partial charge on any atom is 0.160 e. The van der Waals surface area contributed by atoms with Gasteiger partial charge in [0, 0.05) is 32.0 Å². The fourth-order valence-electron chi connectivity index (χ4n) is 3.24. The number of rotatable bonds is 5. The molecule has 0 amide bonds. The van der Waals surface area contributed by atoms with Crippen LogP contribution in [-0.4, -0.2) is 33.0 Å². The van der Waals surface area contributed by atoms with Crippen LogP contribution in [0.2, 0.25) is 0 Å². The predicted octanol–water partition coefficient (Wildman–Crippen LogP) is 3.33. The molecule has 0 bridgehead atoms. The van der Waals surface area contributed by atoms with Gasteiger partial charge in [-0.05, 0) is 43.1 Å². The Morgan fingerprint density at radius 2 is 2.00 bits per heavy atom. The molecular weight excluding hydrogens is 385 g/mol. The van der Waals surface area contributed by atoms with E-state index in [9.17, 15) is 0 Å². The molecule has 0 radical (unpaired) electrons. The van der Waals surface area contributed by atoms with Gasteiger partial charge < -0.3 is 14.6 Å². The molecular formula is C19H25Cl2N5O. The van der Waals surface area contributed by atoms with Crippen LogP contribution in [0.3, 0.4) is 0 Å². The van der Waals surface area contributed by atoms with Gasteiger partial charge in [0.1, 0.15) is 11.4 Å². The van der Waals surface area contributed by atoms with E-state index in [4.69, 9.17) is 9.84 Å². The SMILES string of the molecule is COc1ccc(CCn2ccnc2-c2cc3n(n2)CCCNC3)cc1.Cl.Cl. The molecule has 0 saturated carbocycles. The number of benzene rings is 1. The molecule has 0 atom stereocenters. The van der Waals surface area contributed by atoms with Gasteiger partial charge in [-0.15, -0.1) is 24.8 Å². The summed E-state index contributed by atoms with van der Waals surface area (Å²) < 4.78 is 9.50. The van der Waals surface area contributed by atoms with E-state index < -0.39 is 0 Å². The minimum absolute atomic E-state index is 0. The molecule has 2 aromatic heterocycles. The van der Waals surface area contributed by atoms with Crippen LogP contribution in [0, 0.1) is 0 Å². The second kappa shape index (κ2) is 9.78. The maximum atomic E-state index is 5.21. The van der Waals surface area contributed by atoms with Crippen LogP contribution in [0.5, 0.6) is 5.75 Å². The molecule has 0 fully saturated rings. The number of nitrogens with one attached hydrogen (secondary N) is 1. The molecule has 1 N–H and O–H groups in total. The van der Waals surface area contributed by atoms with Crippen molar-refractivity contribution in [2.24, 2.45) is 0 Å². The number of methoxy groups -OCH3 is 1. The predicted molar refractivity (Wildman–Crippen MR) is 111 cm³/mol. The van der Waals surface area contributed by atoms with Crippen LogP contribution in [-0.2, 0) is 26.1 Å². The van der Waals surface area contributed by atoms with Crippen LogP contribution in [0.25, 0.3) is 11.5 Å². The first kappa shape index (κ1) is 21.3. The van der Waals surface area contributed by atoms with Crippen molar-refractivity contribution in [2.45, 2.75) is 32.5 Å². The van der Waals surface area contributed by atoms with Gasteiger partial charge in [0.25, 0.3) is 0 Å². The van der Waals surface area contributed by atoms with E-state index >= 15 is 0 Å². The van der Waals surface area contributed by atoms with E-state index in [-0.39, 0.29) is 24.8 Å². The van der Waals surface area contributed by atoms with E-state index in [0.29, 0.717) is 0 Å². The Labute approximate surface area is 171 Å². The van der Waals surface area contributed by atoms with Gasteiger partial charge in [-0.1, -0.05) is 12.1 Å². The third-order valence-electron chi connectivity index (χ3n) is 4.64. The number of hydrogen-bond donors (Lipinski definition) is 1. The number of nitrogens with zero attached hydrogens (tertiary/aromatic N) is 4. The first-order valence-corrected chi connectivity index (χ1v) is 8.75. The molecule has 4 rings (SSSR count). The number of fused-ring (bicyclic) bond motifs is 1. The molecule has 1 aromatic carbocycles. The van der Waals surface area contributed by atoms with Crippen LogP contribution in [0.1, 0.15) is 17.7 Å². The molecule has 3 heterocycles. The Balaban J connectivity index is 0.00000131. The molecule has 27 heavy (non-hydrogen) atoms. The highest BCUT2D eigenvalue weighted by Gasteiger charge is 2.15. The fraction of sp³-hybridized carbons (Fsp3) is 0.368. The Morgan fingerprint density at radius 1 is 1.19 bits per heavy atom. The van der Waals surface area contributed by atoms with Gasteiger partial charge in [0.2, 0.25) is 0 Å². The summed E-state index contributed by atoms with van der Waals surface area (Å²) in [5.41, 5.74) is 3.47. The molecule has 146 valence electrons. The lowest BCUT2D eigenvalue weighted by atomic mass is 10.1. The molecule has 6 nitrogen and oxygen atoms in total. The van der Waals surface area contributed by atoms with Gasteiger partial charge in [0.15, 0.2) is 5.82 Å². The zero-order chi connectivity index (χ0) is 17.1. The topological polar surface area (TPSA) is 56.9 Å². The standard InChI is InChI=1S/C19H23N5O.2ClH/c1-25-17-5-3-15(4-6-17)7-11-23-12-9-21-19(23)18-13-16-14-20-8-2-10-24(16)22-18;;/h3-6,9,12-13,20H,2,7-8,10-11,14H2,1H3;2*1H. The third kappa shape index (κ3) is 4.83. The van der Waals surface area contributed by atoms with Crippen molar-refractivity contribution in [1.29, 1.82) is 0 Å². The van der Waals surface area contributed by atoms with E-state index in [0.717, 1.165) is 56.3 Å². The van der Waals surface area contributed by atoms with Crippen molar-refractivity contribution < 1.29 is 4.74 Å². The summed E-state index contributed by atoms with van der Waals surface area (Å²) in [7, 11) is 1.69. The largest absolute Gasteiger partial charge is 0.497 e. The lowest BCUT2D eigenvalue weighted by Crippen LogP contribution is -2.11. The Kier molecular flexibility index (Phi) is 7.71. The van der Waals surface area contributed by atoms with E-state index in [1.54, 1.807) is 7.11 Å².